The first-order valence-electron chi connectivity index (χ1n) is 8.85. The molecule has 1 aromatic carbocycles. The van der Waals surface area contributed by atoms with Crippen LogP contribution in [-0.4, -0.2) is 41.0 Å². The van der Waals surface area contributed by atoms with E-state index >= 15 is 0 Å². The number of nitrogens with one attached hydrogen (secondary N) is 1. The number of carbonyl (C=O) groups excluding carboxylic acids is 1. The average molecular weight is 374 g/mol. The van der Waals surface area contributed by atoms with Gasteiger partial charge in [0, 0.05) is 33.6 Å². The SMILES string of the molecule is Cc1csc(Sc2ccc(C(=O)N[C@@H]3C4CCN(CC4)[C@H]3C)cc2)n1. The standard InChI is InChI=1S/C19H23N3OS2/c1-12-11-24-19(20-12)25-16-5-3-15(4-6-16)18(23)21-17-13(2)22-9-7-14(17)8-10-22/h3-6,11,13-14,17H,7-10H2,1-2H3,(H,21,23)/t13-,17-/m0/s1. The second-order valence-corrected chi connectivity index (χ2v) is 9.17. The molecule has 132 valence electrons. The zero-order valence-electron chi connectivity index (χ0n) is 14.6. The van der Waals surface area contributed by atoms with E-state index in [1.807, 2.05) is 31.2 Å². The molecule has 0 spiro atoms. The zero-order chi connectivity index (χ0) is 17.4. The molecule has 5 rings (SSSR count). The lowest BCUT2D eigenvalue weighted by atomic mass is 9.79. The van der Waals surface area contributed by atoms with E-state index in [2.05, 4.69) is 27.5 Å². The number of aryl methyl sites for hydroxylation is 1. The summed E-state index contributed by atoms with van der Waals surface area (Å²) in [6.07, 6.45) is 2.41. The van der Waals surface area contributed by atoms with Crippen LogP contribution < -0.4 is 5.32 Å². The van der Waals surface area contributed by atoms with Crippen LogP contribution in [-0.2, 0) is 0 Å². The normalized spacial score (nSPS) is 28.1. The summed E-state index contributed by atoms with van der Waals surface area (Å²) in [5.41, 5.74) is 1.79. The number of amides is 1. The van der Waals surface area contributed by atoms with Crippen LogP contribution in [0, 0.1) is 12.8 Å². The third-order valence-corrected chi connectivity index (χ3v) is 7.46. The molecule has 0 aliphatic carbocycles. The van der Waals surface area contributed by atoms with Crippen LogP contribution in [0.3, 0.4) is 0 Å². The fourth-order valence-electron chi connectivity index (χ4n) is 3.93. The van der Waals surface area contributed by atoms with Gasteiger partial charge in [-0.15, -0.1) is 11.3 Å². The number of nitrogens with zero attached hydrogens (tertiary/aromatic N) is 2. The van der Waals surface area contributed by atoms with E-state index < -0.39 is 0 Å². The largest absolute Gasteiger partial charge is 0.347 e. The Kier molecular flexibility index (Phi) is 4.84. The number of benzene rings is 1. The molecule has 2 bridgehead atoms. The Labute approximate surface area is 157 Å². The number of hydrogen-bond acceptors (Lipinski definition) is 5. The third kappa shape index (κ3) is 3.61. The highest BCUT2D eigenvalue weighted by Crippen LogP contribution is 2.33. The fourth-order valence-corrected chi connectivity index (χ4v) is 5.74. The monoisotopic (exact) mass is 373 g/mol. The maximum atomic E-state index is 12.7. The van der Waals surface area contributed by atoms with Gasteiger partial charge < -0.3 is 5.32 Å². The molecule has 4 nitrogen and oxygen atoms in total. The van der Waals surface area contributed by atoms with Gasteiger partial charge in [0.05, 0.1) is 0 Å². The molecule has 0 radical (unpaired) electrons. The summed E-state index contributed by atoms with van der Waals surface area (Å²) in [6.45, 7) is 6.61. The molecule has 3 saturated heterocycles. The lowest BCUT2D eigenvalue weighted by molar-refractivity contribution is 0.0217. The molecule has 3 fully saturated rings. The molecule has 4 heterocycles. The van der Waals surface area contributed by atoms with E-state index in [-0.39, 0.29) is 11.9 Å². The highest BCUT2D eigenvalue weighted by Gasteiger charge is 2.40. The number of aromatic nitrogens is 1. The van der Waals surface area contributed by atoms with Gasteiger partial charge in [0.1, 0.15) is 0 Å². The molecular formula is C19H23N3OS2. The van der Waals surface area contributed by atoms with Crippen molar-refractivity contribution in [3.05, 3.63) is 40.9 Å². The molecule has 1 aromatic heterocycles. The van der Waals surface area contributed by atoms with Crippen LogP contribution in [0.1, 0.15) is 35.8 Å². The summed E-state index contributed by atoms with van der Waals surface area (Å²) in [5.74, 6) is 0.680. The Hall–Kier alpha value is -1.37. The van der Waals surface area contributed by atoms with Gasteiger partial charge in [0.25, 0.3) is 5.91 Å². The van der Waals surface area contributed by atoms with Crippen molar-refractivity contribution < 1.29 is 4.79 Å². The number of rotatable bonds is 4. The molecule has 1 amide bonds. The summed E-state index contributed by atoms with van der Waals surface area (Å²) in [7, 11) is 0. The van der Waals surface area contributed by atoms with Gasteiger partial charge in [-0.1, -0.05) is 11.8 Å². The Balaban J connectivity index is 1.40. The number of thiazole rings is 1. The van der Waals surface area contributed by atoms with Crippen LogP contribution >= 0.6 is 23.1 Å². The first-order valence-corrected chi connectivity index (χ1v) is 10.5. The predicted octanol–water partition coefficient (Wildman–Crippen LogP) is 3.82. The summed E-state index contributed by atoms with van der Waals surface area (Å²) in [5, 5.41) is 5.35. The van der Waals surface area contributed by atoms with Gasteiger partial charge >= 0.3 is 0 Å². The molecule has 0 saturated carbocycles. The van der Waals surface area contributed by atoms with Crippen LogP contribution in [0.5, 0.6) is 0 Å². The van der Waals surface area contributed by atoms with E-state index in [9.17, 15) is 4.79 Å². The minimum Gasteiger partial charge on any atom is -0.347 e. The van der Waals surface area contributed by atoms with Crippen molar-refractivity contribution in [2.75, 3.05) is 13.1 Å². The van der Waals surface area contributed by atoms with Crippen molar-refractivity contribution in [2.24, 2.45) is 5.92 Å². The Morgan fingerprint density at radius 3 is 2.60 bits per heavy atom. The summed E-state index contributed by atoms with van der Waals surface area (Å²) >= 11 is 3.30. The van der Waals surface area contributed by atoms with Gasteiger partial charge in [0.15, 0.2) is 4.34 Å². The molecule has 0 unspecified atom stereocenters. The first kappa shape index (κ1) is 17.1. The fraction of sp³-hybridized carbons (Fsp3) is 0.474. The van der Waals surface area contributed by atoms with Crippen molar-refractivity contribution in [3.8, 4) is 0 Å². The number of carbonyl (C=O) groups is 1. The maximum absolute atomic E-state index is 12.7. The van der Waals surface area contributed by atoms with Crippen molar-refractivity contribution >= 4 is 29.0 Å². The third-order valence-electron chi connectivity index (χ3n) is 5.40. The number of piperidine rings is 3. The molecule has 3 aliphatic heterocycles. The minimum absolute atomic E-state index is 0.0484. The highest BCUT2D eigenvalue weighted by molar-refractivity contribution is 8.01. The molecule has 1 N–H and O–H groups in total. The summed E-state index contributed by atoms with van der Waals surface area (Å²) in [6, 6.07) is 8.59. The Bertz CT molecular complexity index is 748. The molecule has 25 heavy (non-hydrogen) atoms. The molecule has 2 aromatic rings. The van der Waals surface area contributed by atoms with Crippen LogP contribution in [0.15, 0.2) is 38.9 Å². The lowest BCUT2D eigenvalue weighted by Gasteiger charge is -2.49. The van der Waals surface area contributed by atoms with Gasteiger partial charge in [-0.25, -0.2) is 4.98 Å². The number of fused-ring (bicyclic) bond motifs is 3. The van der Waals surface area contributed by atoms with E-state index in [0.29, 0.717) is 12.0 Å². The molecular weight excluding hydrogens is 350 g/mol. The smallest absolute Gasteiger partial charge is 0.251 e. The second kappa shape index (κ2) is 7.09. The number of hydrogen-bond donors (Lipinski definition) is 1. The molecule has 6 heteroatoms. The van der Waals surface area contributed by atoms with Gasteiger partial charge in [-0.05, 0) is 70.0 Å². The average Bonchev–Trinajstić information content (AvgIpc) is 3.04. The van der Waals surface area contributed by atoms with Crippen LogP contribution in [0.25, 0.3) is 0 Å². The van der Waals surface area contributed by atoms with Gasteiger partial charge in [-0.3, -0.25) is 9.69 Å². The van der Waals surface area contributed by atoms with E-state index in [4.69, 9.17) is 0 Å². The highest BCUT2D eigenvalue weighted by atomic mass is 32.2. The van der Waals surface area contributed by atoms with E-state index in [1.165, 1.54) is 25.9 Å². The van der Waals surface area contributed by atoms with Gasteiger partial charge in [0.2, 0.25) is 0 Å². The second-order valence-electron chi connectivity index (χ2n) is 6.99. The molecule has 2 atom stereocenters. The van der Waals surface area contributed by atoms with Crippen LogP contribution in [0.4, 0.5) is 0 Å². The van der Waals surface area contributed by atoms with E-state index in [0.717, 1.165) is 20.5 Å². The summed E-state index contributed by atoms with van der Waals surface area (Å²) in [4.78, 5) is 20.7. The van der Waals surface area contributed by atoms with Gasteiger partial charge in [-0.2, -0.15) is 0 Å². The van der Waals surface area contributed by atoms with E-state index in [1.54, 1.807) is 23.1 Å². The Morgan fingerprint density at radius 2 is 2.00 bits per heavy atom. The summed E-state index contributed by atoms with van der Waals surface area (Å²) < 4.78 is 1.04. The van der Waals surface area contributed by atoms with Crippen molar-refractivity contribution in [2.45, 2.75) is 48.0 Å². The Morgan fingerprint density at radius 1 is 1.28 bits per heavy atom. The van der Waals surface area contributed by atoms with Crippen molar-refractivity contribution in [1.82, 2.24) is 15.2 Å². The zero-order valence-corrected chi connectivity index (χ0v) is 16.2. The van der Waals surface area contributed by atoms with Crippen molar-refractivity contribution in [1.29, 1.82) is 0 Å². The topological polar surface area (TPSA) is 45.2 Å². The van der Waals surface area contributed by atoms with Crippen LogP contribution in [0.2, 0.25) is 0 Å². The molecule has 3 aliphatic rings. The van der Waals surface area contributed by atoms with Crippen molar-refractivity contribution in [3.63, 3.8) is 0 Å². The first-order chi connectivity index (χ1) is 12.1. The quantitative estimate of drug-likeness (QED) is 0.885. The lowest BCUT2D eigenvalue weighted by Crippen LogP contribution is -2.62. The maximum Gasteiger partial charge on any atom is 0.251 e. The minimum atomic E-state index is 0.0484. The predicted molar refractivity (Wildman–Crippen MR) is 102 cm³/mol.